The van der Waals surface area contributed by atoms with Crippen molar-refractivity contribution in [3.8, 4) is 5.00 Å². The Labute approximate surface area is 217 Å². The van der Waals surface area contributed by atoms with Crippen molar-refractivity contribution in [2.45, 2.75) is 38.8 Å². The zero-order valence-corrected chi connectivity index (χ0v) is 21.6. The predicted octanol–water partition coefficient (Wildman–Crippen LogP) is 3.56. The standard InChI is InChI=1S/C25H26ClN5O4S/c1-12(22(32)18-11-27-8-9-35-18)19-10-16-21(15-6-4-5-7-17(15)26)28-20(13(2)25(33)34)23-30-29-14(3)31(23)24(16)36-19/h4-7,10,12-13,18,20,27H,8-9,11H2,1-3H3,(H,33,34). The molecular weight excluding hydrogens is 502 g/mol. The molecule has 0 spiro atoms. The SMILES string of the molecule is Cc1nnc2n1-c1sc(C(C)C(=O)C3CNCCO3)cc1C(c1ccccc1Cl)=NC2C(C)C(=O)O. The number of carboxylic acid groups (broad SMARTS) is 1. The zero-order chi connectivity index (χ0) is 25.6. The molecule has 4 unspecified atom stereocenters. The number of aliphatic carboxylic acids is 1. The second-order valence-electron chi connectivity index (χ2n) is 9.03. The maximum absolute atomic E-state index is 13.3. The number of thiophene rings is 1. The van der Waals surface area contributed by atoms with E-state index >= 15 is 0 Å². The highest BCUT2D eigenvalue weighted by Gasteiger charge is 2.37. The van der Waals surface area contributed by atoms with Gasteiger partial charge in [-0.05, 0) is 26.0 Å². The molecule has 0 radical (unpaired) electrons. The number of ether oxygens (including phenoxy) is 1. The molecule has 3 aromatic rings. The monoisotopic (exact) mass is 527 g/mol. The van der Waals surface area contributed by atoms with Gasteiger partial charge in [-0.25, -0.2) is 0 Å². The van der Waals surface area contributed by atoms with E-state index in [2.05, 4.69) is 15.5 Å². The fourth-order valence-corrected chi connectivity index (χ4v) is 6.04. The summed E-state index contributed by atoms with van der Waals surface area (Å²) in [6, 6.07) is 8.51. The number of aryl methyl sites for hydroxylation is 1. The third kappa shape index (κ3) is 4.28. The maximum atomic E-state index is 13.3. The van der Waals surface area contributed by atoms with Crippen LogP contribution in [0.2, 0.25) is 5.02 Å². The van der Waals surface area contributed by atoms with Gasteiger partial charge in [0.15, 0.2) is 11.6 Å². The zero-order valence-electron chi connectivity index (χ0n) is 20.1. The van der Waals surface area contributed by atoms with E-state index in [0.717, 1.165) is 22.0 Å². The normalized spacial score (nSPS) is 21.1. The Balaban J connectivity index is 1.69. The van der Waals surface area contributed by atoms with Gasteiger partial charge >= 0.3 is 5.97 Å². The van der Waals surface area contributed by atoms with Crippen molar-refractivity contribution in [1.29, 1.82) is 0 Å². The van der Waals surface area contributed by atoms with Crippen LogP contribution in [0.15, 0.2) is 35.3 Å². The Hall–Kier alpha value is -2.92. The summed E-state index contributed by atoms with van der Waals surface area (Å²) in [6.07, 6.45) is -0.500. The van der Waals surface area contributed by atoms with Gasteiger partial charge < -0.3 is 15.2 Å². The second kappa shape index (κ2) is 9.85. The molecule has 11 heteroatoms. The number of carbonyl (C=O) groups excluding carboxylic acids is 1. The van der Waals surface area contributed by atoms with Crippen molar-refractivity contribution < 1.29 is 19.4 Å². The summed E-state index contributed by atoms with van der Waals surface area (Å²) in [7, 11) is 0. The molecule has 2 aliphatic heterocycles. The molecule has 4 heterocycles. The molecule has 0 amide bonds. The molecule has 4 atom stereocenters. The number of aromatic nitrogens is 3. The van der Waals surface area contributed by atoms with Crippen molar-refractivity contribution in [3.05, 3.63) is 63.0 Å². The predicted molar refractivity (Wildman–Crippen MR) is 137 cm³/mol. The third-order valence-corrected chi connectivity index (χ3v) is 8.30. The number of benzene rings is 1. The molecule has 2 N–H and O–H groups in total. The lowest BCUT2D eigenvalue weighted by Gasteiger charge is -2.24. The van der Waals surface area contributed by atoms with Gasteiger partial charge in [0.25, 0.3) is 0 Å². The number of ketones is 1. The van der Waals surface area contributed by atoms with Gasteiger partial charge in [0.05, 0.1) is 24.2 Å². The number of fused-ring (bicyclic) bond motifs is 3. The first-order valence-electron chi connectivity index (χ1n) is 11.8. The van der Waals surface area contributed by atoms with Gasteiger partial charge in [-0.1, -0.05) is 36.7 Å². The number of halogens is 1. The van der Waals surface area contributed by atoms with Crippen molar-refractivity contribution in [2.24, 2.45) is 10.9 Å². The number of nitrogens with zero attached hydrogens (tertiary/aromatic N) is 4. The number of rotatable bonds is 6. The summed E-state index contributed by atoms with van der Waals surface area (Å²) in [4.78, 5) is 31.1. The maximum Gasteiger partial charge on any atom is 0.308 e. The van der Waals surface area contributed by atoms with Crippen LogP contribution in [0.5, 0.6) is 0 Å². The number of carboxylic acids is 1. The van der Waals surface area contributed by atoms with Gasteiger partial charge in [-0.3, -0.25) is 19.1 Å². The molecule has 2 aromatic heterocycles. The van der Waals surface area contributed by atoms with E-state index in [9.17, 15) is 14.7 Å². The molecule has 36 heavy (non-hydrogen) atoms. The van der Waals surface area contributed by atoms with Crippen LogP contribution in [-0.4, -0.2) is 63.1 Å². The minimum Gasteiger partial charge on any atom is -0.481 e. The van der Waals surface area contributed by atoms with Crippen LogP contribution in [0, 0.1) is 12.8 Å². The van der Waals surface area contributed by atoms with Gasteiger partial charge in [-0.15, -0.1) is 21.5 Å². The number of aliphatic imine (C=N–C) groups is 1. The van der Waals surface area contributed by atoms with Crippen LogP contribution in [0.25, 0.3) is 5.00 Å². The Kier molecular flexibility index (Phi) is 6.78. The third-order valence-electron chi connectivity index (χ3n) is 6.66. The molecule has 188 valence electrons. The lowest BCUT2D eigenvalue weighted by molar-refractivity contribution is -0.142. The van der Waals surface area contributed by atoms with Gasteiger partial charge in [0.2, 0.25) is 0 Å². The first kappa shape index (κ1) is 24.8. The second-order valence-corrected chi connectivity index (χ2v) is 10.5. The van der Waals surface area contributed by atoms with Crippen LogP contribution in [0.4, 0.5) is 0 Å². The lowest BCUT2D eigenvalue weighted by Crippen LogP contribution is -2.44. The van der Waals surface area contributed by atoms with E-state index in [0.29, 0.717) is 41.1 Å². The van der Waals surface area contributed by atoms with E-state index in [1.54, 1.807) is 13.0 Å². The molecule has 5 rings (SSSR count). The Bertz CT molecular complexity index is 1360. The Morgan fingerprint density at radius 1 is 1.25 bits per heavy atom. The van der Waals surface area contributed by atoms with Crippen LogP contribution in [0.3, 0.4) is 0 Å². The van der Waals surface area contributed by atoms with Crippen LogP contribution in [-0.2, 0) is 14.3 Å². The number of morpholine rings is 1. The largest absolute Gasteiger partial charge is 0.481 e. The van der Waals surface area contributed by atoms with E-state index in [1.807, 2.05) is 42.7 Å². The van der Waals surface area contributed by atoms with Crippen molar-refractivity contribution in [1.82, 2.24) is 20.1 Å². The fraction of sp³-hybridized carbons (Fsp3) is 0.400. The molecule has 9 nitrogen and oxygen atoms in total. The fourth-order valence-electron chi connectivity index (χ4n) is 4.54. The summed E-state index contributed by atoms with van der Waals surface area (Å²) < 4.78 is 7.56. The van der Waals surface area contributed by atoms with Crippen molar-refractivity contribution in [2.75, 3.05) is 19.7 Å². The summed E-state index contributed by atoms with van der Waals surface area (Å²) in [5.74, 6) is -1.19. The first-order chi connectivity index (χ1) is 17.3. The number of nitrogens with one attached hydrogen (secondary N) is 1. The van der Waals surface area contributed by atoms with Gasteiger partial charge in [-0.2, -0.15) is 0 Å². The number of Topliss-reactive ketones (excluding diaryl/α,β-unsaturated/α-hetero) is 1. The summed E-state index contributed by atoms with van der Waals surface area (Å²) in [5.41, 5.74) is 2.01. The highest BCUT2D eigenvalue weighted by atomic mass is 35.5. The molecule has 2 aliphatic rings. The summed E-state index contributed by atoms with van der Waals surface area (Å²) in [6.45, 7) is 7.03. The van der Waals surface area contributed by atoms with Crippen molar-refractivity contribution in [3.63, 3.8) is 0 Å². The smallest absolute Gasteiger partial charge is 0.308 e. The van der Waals surface area contributed by atoms with Gasteiger partial charge in [0.1, 0.15) is 23.0 Å². The average Bonchev–Trinajstić information content (AvgIpc) is 3.45. The topological polar surface area (TPSA) is 119 Å². The molecule has 1 fully saturated rings. The minimum atomic E-state index is -0.985. The molecule has 0 saturated carbocycles. The van der Waals surface area contributed by atoms with E-state index in [-0.39, 0.29) is 5.78 Å². The minimum absolute atomic E-state index is 0.00733. The van der Waals surface area contributed by atoms with E-state index < -0.39 is 30.0 Å². The molecule has 1 aromatic carbocycles. The number of carbonyl (C=O) groups is 2. The summed E-state index contributed by atoms with van der Waals surface area (Å²) in [5, 5.41) is 22.9. The van der Waals surface area contributed by atoms with E-state index in [1.165, 1.54) is 11.3 Å². The van der Waals surface area contributed by atoms with Gasteiger partial charge in [0, 0.05) is 34.1 Å². The molecule has 1 saturated heterocycles. The molecule has 0 aliphatic carbocycles. The summed E-state index contributed by atoms with van der Waals surface area (Å²) >= 11 is 8.05. The van der Waals surface area contributed by atoms with Crippen LogP contribution < -0.4 is 5.32 Å². The van der Waals surface area contributed by atoms with Crippen LogP contribution >= 0.6 is 22.9 Å². The van der Waals surface area contributed by atoms with E-state index in [4.69, 9.17) is 21.3 Å². The van der Waals surface area contributed by atoms with Crippen LogP contribution in [0.1, 0.15) is 53.5 Å². The molecular formula is C25H26ClN5O4S. The Morgan fingerprint density at radius 3 is 2.72 bits per heavy atom. The highest BCUT2D eigenvalue weighted by molar-refractivity contribution is 7.15. The Morgan fingerprint density at radius 2 is 2.03 bits per heavy atom. The molecule has 0 bridgehead atoms. The van der Waals surface area contributed by atoms with Crippen molar-refractivity contribution >= 4 is 40.4 Å². The first-order valence-corrected chi connectivity index (χ1v) is 12.9. The lowest BCUT2D eigenvalue weighted by atomic mass is 9.97. The number of hydrogen-bond acceptors (Lipinski definition) is 8. The average molecular weight is 528 g/mol. The number of hydrogen-bond donors (Lipinski definition) is 2. The quantitative estimate of drug-likeness (QED) is 0.503. The highest BCUT2D eigenvalue weighted by Crippen LogP contribution is 2.41.